The molecule has 4 aromatic rings. The number of aryl methyl sites for hydroxylation is 2. The predicted molar refractivity (Wildman–Crippen MR) is 107 cm³/mol. The van der Waals surface area contributed by atoms with Crippen molar-refractivity contribution in [1.29, 1.82) is 0 Å². The Morgan fingerprint density at radius 3 is 2.42 bits per heavy atom. The van der Waals surface area contributed by atoms with Crippen LogP contribution in [0.4, 0.5) is 0 Å². The summed E-state index contributed by atoms with van der Waals surface area (Å²) in [7, 11) is 0. The van der Waals surface area contributed by atoms with Crippen LogP contribution in [-0.2, 0) is 12.8 Å². The maximum atomic E-state index is 5.07. The van der Waals surface area contributed by atoms with Crippen molar-refractivity contribution in [2.24, 2.45) is 0 Å². The van der Waals surface area contributed by atoms with Crippen molar-refractivity contribution in [2.75, 3.05) is 0 Å². The van der Waals surface area contributed by atoms with Crippen LogP contribution >= 0.6 is 0 Å². The highest BCUT2D eigenvalue weighted by molar-refractivity contribution is 5.89. The van der Waals surface area contributed by atoms with Crippen LogP contribution < -0.4 is 0 Å². The summed E-state index contributed by atoms with van der Waals surface area (Å²) in [5, 5.41) is 1.17. The molecule has 0 bridgehead atoms. The lowest BCUT2D eigenvalue weighted by Crippen LogP contribution is -2.06. The van der Waals surface area contributed by atoms with Gasteiger partial charge in [0, 0.05) is 16.5 Å². The molecule has 0 fully saturated rings. The lowest BCUT2D eigenvalue weighted by atomic mass is 9.88. The number of nitrogens with zero attached hydrogens (tertiary/aromatic N) is 1. The van der Waals surface area contributed by atoms with E-state index < -0.39 is 0 Å². The van der Waals surface area contributed by atoms with Crippen molar-refractivity contribution < 1.29 is 0 Å². The van der Waals surface area contributed by atoms with Crippen LogP contribution in [0.5, 0.6) is 0 Å². The van der Waals surface area contributed by atoms with Gasteiger partial charge in [0.25, 0.3) is 0 Å². The van der Waals surface area contributed by atoms with Gasteiger partial charge in [-0.05, 0) is 48.2 Å². The first-order valence-corrected chi connectivity index (χ1v) is 8.96. The molecule has 0 spiro atoms. The van der Waals surface area contributed by atoms with Gasteiger partial charge in [-0.15, -0.1) is 0 Å². The van der Waals surface area contributed by atoms with Gasteiger partial charge in [0.1, 0.15) is 0 Å². The Balaban J connectivity index is 1.70. The van der Waals surface area contributed by atoms with Gasteiger partial charge in [0.2, 0.25) is 0 Å². The molecule has 1 heteroatoms. The zero-order valence-corrected chi connectivity index (χ0v) is 14.4. The fourth-order valence-corrected chi connectivity index (χ4v) is 3.67. The number of rotatable bonds is 0. The third-order valence-electron chi connectivity index (χ3n) is 4.98. The molecular weight excluding hydrogens is 314 g/mol. The van der Waals surface area contributed by atoms with Crippen molar-refractivity contribution in [3.8, 4) is 23.1 Å². The summed E-state index contributed by atoms with van der Waals surface area (Å²) >= 11 is 0. The molecule has 0 amide bonds. The minimum absolute atomic E-state index is 0.984. The summed E-state index contributed by atoms with van der Waals surface area (Å²) in [6.45, 7) is 0. The van der Waals surface area contributed by atoms with Gasteiger partial charge in [0.05, 0.1) is 16.8 Å². The predicted octanol–water partition coefficient (Wildman–Crippen LogP) is 5.40. The minimum Gasteiger partial charge on any atom is -0.246 e. The van der Waals surface area contributed by atoms with E-state index in [1.165, 1.54) is 22.1 Å². The fraction of sp³-hybridized carbons (Fsp3) is 0.0800. The zero-order chi connectivity index (χ0) is 17.3. The van der Waals surface area contributed by atoms with E-state index in [-0.39, 0.29) is 0 Å². The normalized spacial score (nSPS) is 12.0. The monoisotopic (exact) mass is 331 g/mol. The van der Waals surface area contributed by atoms with Crippen LogP contribution in [0.3, 0.4) is 0 Å². The Kier molecular flexibility index (Phi) is 3.54. The van der Waals surface area contributed by atoms with E-state index >= 15 is 0 Å². The summed E-state index contributed by atoms with van der Waals surface area (Å²) in [6, 6.07) is 27.3. The average Bonchev–Trinajstić information content (AvgIpc) is 2.71. The Morgan fingerprint density at radius 2 is 1.50 bits per heavy atom. The van der Waals surface area contributed by atoms with Gasteiger partial charge in [-0.3, -0.25) is 0 Å². The molecule has 5 rings (SSSR count). The minimum atomic E-state index is 0.984. The SMILES string of the molecule is C(#Cc1cccc2cc3c(nc12)-c1ccccc1CC3)c1ccccc1. The second-order valence-corrected chi connectivity index (χ2v) is 6.65. The molecule has 0 N–H and O–H groups in total. The maximum absolute atomic E-state index is 5.07. The van der Waals surface area contributed by atoms with Crippen LogP contribution in [0.2, 0.25) is 0 Å². The molecule has 0 atom stereocenters. The molecule has 0 unspecified atom stereocenters. The van der Waals surface area contributed by atoms with Gasteiger partial charge in [-0.2, -0.15) is 0 Å². The second kappa shape index (κ2) is 6.17. The number of benzene rings is 3. The van der Waals surface area contributed by atoms with Crippen molar-refractivity contribution in [3.63, 3.8) is 0 Å². The molecule has 1 aliphatic carbocycles. The fourth-order valence-electron chi connectivity index (χ4n) is 3.67. The van der Waals surface area contributed by atoms with Crippen molar-refractivity contribution >= 4 is 10.9 Å². The van der Waals surface area contributed by atoms with Crippen LogP contribution in [0.1, 0.15) is 22.3 Å². The van der Waals surface area contributed by atoms with Crippen LogP contribution in [-0.4, -0.2) is 4.98 Å². The van der Waals surface area contributed by atoms with Crippen LogP contribution in [0.25, 0.3) is 22.2 Å². The first-order valence-electron chi connectivity index (χ1n) is 8.96. The average molecular weight is 331 g/mol. The number of hydrogen-bond acceptors (Lipinski definition) is 1. The first-order chi connectivity index (χ1) is 12.9. The highest BCUT2D eigenvalue weighted by Crippen LogP contribution is 2.34. The van der Waals surface area contributed by atoms with Crippen molar-refractivity contribution in [1.82, 2.24) is 4.98 Å². The van der Waals surface area contributed by atoms with Gasteiger partial charge in [0.15, 0.2) is 0 Å². The number of fused-ring (bicyclic) bond motifs is 4. The molecule has 0 saturated carbocycles. The second-order valence-electron chi connectivity index (χ2n) is 6.65. The maximum Gasteiger partial charge on any atom is 0.0866 e. The van der Waals surface area contributed by atoms with Crippen molar-refractivity contribution in [3.05, 3.63) is 101 Å². The topological polar surface area (TPSA) is 12.9 Å². The number of hydrogen-bond donors (Lipinski definition) is 0. The van der Waals surface area contributed by atoms with E-state index in [1.54, 1.807) is 0 Å². The molecule has 3 aromatic carbocycles. The molecule has 1 nitrogen and oxygen atoms in total. The number of para-hydroxylation sites is 1. The molecule has 122 valence electrons. The van der Waals surface area contributed by atoms with E-state index in [1.807, 2.05) is 30.3 Å². The molecule has 1 aliphatic rings. The van der Waals surface area contributed by atoms with E-state index in [9.17, 15) is 0 Å². The lowest BCUT2D eigenvalue weighted by molar-refractivity contribution is 0.933. The van der Waals surface area contributed by atoms with Crippen molar-refractivity contribution in [2.45, 2.75) is 12.8 Å². The molecule has 26 heavy (non-hydrogen) atoms. The largest absolute Gasteiger partial charge is 0.246 e. The number of pyridine rings is 1. The third kappa shape index (κ3) is 2.57. The highest BCUT2D eigenvalue weighted by Gasteiger charge is 2.18. The Labute approximate surface area is 153 Å². The number of aromatic nitrogens is 1. The van der Waals surface area contributed by atoms with E-state index in [2.05, 4.69) is 60.4 Å². The summed E-state index contributed by atoms with van der Waals surface area (Å²) < 4.78 is 0. The highest BCUT2D eigenvalue weighted by atomic mass is 14.7. The van der Waals surface area contributed by atoms with E-state index in [0.717, 1.165) is 35.2 Å². The van der Waals surface area contributed by atoms with Crippen LogP contribution in [0, 0.1) is 11.8 Å². The van der Waals surface area contributed by atoms with E-state index in [4.69, 9.17) is 4.98 Å². The molecule has 0 saturated heterocycles. The van der Waals surface area contributed by atoms with Gasteiger partial charge in [-0.1, -0.05) is 66.4 Å². The van der Waals surface area contributed by atoms with Gasteiger partial charge in [-0.25, -0.2) is 4.98 Å². The lowest BCUT2D eigenvalue weighted by Gasteiger charge is -2.19. The Hall–Kier alpha value is -3.37. The van der Waals surface area contributed by atoms with Crippen LogP contribution in [0.15, 0.2) is 78.9 Å². The Bertz CT molecular complexity index is 1180. The molecule has 0 aliphatic heterocycles. The quantitative estimate of drug-likeness (QED) is 0.393. The summed E-state index contributed by atoms with van der Waals surface area (Å²) in [5.74, 6) is 6.58. The molecule has 1 heterocycles. The zero-order valence-electron chi connectivity index (χ0n) is 14.4. The first kappa shape index (κ1) is 14.9. The van der Waals surface area contributed by atoms with Gasteiger partial charge >= 0.3 is 0 Å². The van der Waals surface area contributed by atoms with Gasteiger partial charge < -0.3 is 0 Å². The summed E-state index contributed by atoms with van der Waals surface area (Å²) in [4.78, 5) is 5.07. The third-order valence-corrected chi connectivity index (χ3v) is 4.98. The summed E-state index contributed by atoms with van der Waals surface area (Å²) in [5.41, 5.74) is 8.11. The molecule has 0 radical (unpaired) electrons. The smallest absolute Gasteiger partial charge is 0.0866 e. The standard InChI is InChI=1S/C25H17N/c1-2-7-18(8-3-1)13-14-20-10-6-11-21-17-22-16-15-19-9-4-5-12-23(19)25(22)26-24(20)21/h1-12,17H,15-16H2. The molecule has 1 aromatic heterocycles. The summed E-state index contributed by atoms with van der Waals surface area (Å²) in [6.07, 6.45) is 2.14. The van der Waals surface area contributed by atoms with E-state index in [0.29, 0.717) is 0 Å². The molecular formula is C25H17N. The Morgan fingerprint density at radius 1 is 0.692 bits per heavy atom.